The zero-order valence-corrected chi connectivity index (χ0v) is 19.7. The van der Waals surface area contributed by atoms with Crippen LogP contribution in [0.15, 0.2) is 36.7 Å². The number of benzene rings is 1. The predicted octanol–water partition coefficient (Wildman–Crippen LogP) is 3.90. The Morgan fingerprint density at radius 1 is 1.20 bits per heavy atom. The number of aromatic nitrogens is 2. The number of pyridine rings is 1. The van der Waals surface area contributed by atoms with Crippen molar-refractivity contribution in [2.45, 2.75) is 38.5 Å². The number of carbonyl (C=O) groups excluding carboxylic acids is 1. The number of alkyl halides is 2. The van der Waals surface area contributed by atoms with Gasteiger partial charge in [0.05, 0.1) is 32.2 Å². The molecule has 1 N–H and O–H groups in total. The van der Waals surface area contributed by atoms with E-state index < -0.39 is 12.5 Å². The number of nitrogens with zero attached hydrogens (tertiary/aromatic N) is 3. The van der Waals surface area contributed by atoms with Crippen LogP contribution in [0.2, 0.25) is 0 Å². The molecule has 0 spiro atoms. The normalized spacial score (nSPS) is 17.5. The zero-order chi connectivity index (χ0) is 24.5. The SMILES string of the molecule is COc1cc(-c2cnc3cc(C(C)N4CCOCC4)ccn23)cc(OC(F)F)c1C(=O)NC1CC1. The van der Waals surface area contributed by atoms with Gasteiger partial charge in [0.25, 0.3) is 5.91 Å². The molecule has 1 saturated carbocycles. The van der Waals surface area contributed by atoms with Crippen LogP contribution in [0.4, 0.5) is 8.78 Å². The van der Waals surface area contributed by atoms with Gasteiger partial charge in [0, 0.05) is 36.9 Å². The molecule has 10 heteroatoms. The number of halogens is 2. The van der Waals surface area contributed by atoms with E-state index in [-0.39, 0.29) is 29.1 Å². The van der Waals surface area contributed by atoms with E-state index in [1.54, 1.807) is 12.3 Å². The number of carbonyl (C=O) groups is 1. The van der Waals surface area contributed by atoms with Crippen LogP contribution in [-0.4, -0.2) is 66.3 Å². The Morgan fingerprint density at radius 2 is 1.94 bits per heavy atom. The van der Waals surface area contributed by atoms with Crippen LogP contribution < -0.4 is 14.8 Å². The van der Waals surface area contributed by atoms with Crippen molar-refractivity contribution in [3.8, 4) is 22.8 Å². The maximum absolute atomic E-state index is 13.3. The monoisotopic (exact) mass is 486 g/mol. The minimum Gasteiger partial charge on any atom is -0.496 e. The summed E-state index contributed by atoms with van der Waals surface area (Å²) in [4.78, 5) is 19.7. The van der Waals surface area contributed by atoms with E-state index >= 15 is 0 Å². The van der Waals surface area contributed by atoms with Gasteiger partial charge in [-0.05, 0) is 49.6 Å². The minimum atomic E-state index is -3.09. The molecule has 1 aromatic carbocycles. The molecule has 0 bridgehead atoms. The first-order valence-electron chi connectivity index (χ1n) is 11.7. The number of rotatable bonds is 8. The standard InChI is InChI=1S/C25H28F2N4O4/c1-15(30-7-9-34-10-8-30)16-5-6-31-19(14-28-22(31)13-16)17-11-20(33-2)23(21(12-17)35-25(26)27)24(32)29-18-3-4-18/h5-6,11-15,18,25H,3-4,7-10H2,1-2H3,(H,29,32). The predicted molar refractivity (Wildman–Crippen MR) is 125 cm³/mol. The Bertz CT molecular complexity index is 1220. The number of hydrogen-bond donors (Lipinski definition) is 1. The number of amides is 1. The van der Waals surface area contributed by atoms with E-state index in [0.29, 0.717) is 11.3 Å². The molecule has 1 aliphatic carbocycles. The topological polar surface area (TPSA) is 77.3 Å². The summed E-state index contributed by atoms with van der Waals surface area (Å²) in [6.07, 6.45) is 5.32. The Hall–Kier alpha value is -3.24. The highest BCUT2D eigenvalue weighted by atomic mass is 19.3. The second-order valence-electron chi connectivity index (χ2n) is 8.83. The number of ether oxygens (including phenoxy) is 3. The molecular formula is C25H28F2N4O4. The molecule has 0 radical (unpaired) electrons. The quantitative estimate of drug-likeness (QED) is 0.521. The highest BCUT2D eigenvalue weighted by molar-refractivity contribution is 6.01. The number of fused-ring (bicyclic) bond motifs is 1. The Morgan fingerprint density at radius 3 is 2.63 bits per heavy atom. The fraction of sp³-hybridized carbons (Fsp3) is 0.440. The largest absolute Gasteiger partial charge is 0.496 e. The average molecular weight is 487 g/mol. The molecule has 2 fully saturated rings. The third-order valence-corrected chi connectivity index (χ3v) is 6.55. The van der Waals surface area contributed by atoms with Crippen LogP contribution in [0.1, 0.15) is 41.7 Å². The summed E-state index contributed by atoms with van der Waals surface area (Å²) in [5.41, 5.74) is 3.02. The van der Waals surface area contributed by atoms with Crippen molar-refractivity contribution in [3.63, 3.8) is 0 Å². The maximum atomic E-state index is 13.3. The number of imidazole rings is 1. The third-order valence-electron chi connectivity index (χ3n) is 6.55. The summed E-state index contributed by atoms with van der Waals surface area (Å²) in [7, 11) is 1.40. The van der Waals surface area contributed by atoms with E-state index in [0.717, 1.165) is 50.4 Å². The van der Waals surface area contributed by atoms with Gasteiger partial charge in [0.15, 0.2) is 0 Å². The van der Waals surface area contributed by atoms with Crippen molar-refractivity contribution >= 4 is 11.6 Å². The number of hydrogen-bond acceptors (Lipinski definition) is 6. The third kappa shape index (κ3) is 4.94. The van der Waals surface area contributed by atoms with Crippen molar-refractivity contribution < 1.29 is 27.8 Å². The van der Waals surface area contributed by atoms with Gasteiger partial charge in [-0.1, -0.05) is 0 Å². The molecule has 3 heterocycles. The fourth-order valence-corrected chi connectivity index (χ4v) is 4.44. The summed E-state index contributed by atoms with van der Waals surface area (Å²) in [5, 5.41) is 2.81. The van der Waals surface area contributed by atoms with E-state index in [9.17, 15) is 13.6 Å². The lowest BCUT2D eigenvalue weighted by atomic mass is 10.1. The molecular weight excluding hydrogens is 458 g/mol. The molecule has 1 saturated heterocycles. The van der Waals surface area contributed by atoms with Gasteiger partial charge < -0.3 is 19.5 Å². The van der Waals surface area contributed by atoms with E-state index in [1.807, 2.05) is 22.7 Å². The smallest absolute Gasteiger partial charge is 0.387 e. The molecule has 1 aliphatic heterocycles. The van der Waals surface area contributed by atoms with Gasteiger partial charge in [-0.25, -0.2) is 4.98 Å². The average Bonchev–Trinajstić information content (AvgIpc) is 3.57. The van der Waals surface area contributed by atoms with E-state index in [1.165, 1.54) is 13.2 Å². The number of methoxy groups -OCH3 is 1. The van der Waals surface area contributed by atoms with E-state index in [4.69, 9.17) is 14.2 Å². The van der Waals surface area contributed by atoms with Crippen LogP contribution in [0.5, 0.6) is 11.5 Å². The van der Waals surface area contributed by atoms with Crippen LogP contribution >= 0.6 is 0 Å². The van der Waals surface area contributed by atoms with Crippen LogP contribution in [0, 0.1) is 0 Å². The molecule has 1 amide bonds. The molecule has 186 valence electrons. The van der Waals surface area contributed by atoms with Gasteiger partial charge in [-0.2, -0.15) is 8.78 Å². The Kier molecular flexibility index (Phi) is 6.57. The second-order valence-corrected chi connectivity index (χ2v) is 8.83. The van der Waals surface area contributed by atoms with Gasteiger partial charge in [-0.3, -0.25) is 14.1 Å². The van der Waals surface area contributed by atoms with Gasteiger partial charge in [0.1, 0.15) is 22.7 Å². The van der Waals surface area contributed by atoms with Crippen LogP contribution in [0.25, 0.3) is 16.9 Å². The molecule has 1 unspecified atom stereocenters. The summed E-state index contributed by atoms with van der Waals surface area (Å²) >= 11 is 0. The van der Waals surface area contributed by atoms with Crippen molar-refractivity contribution in [1.82, 2.24) is 19.6 Å². The highest BCUT2D eigenvalue weighted by Crippen LogP contribution is 2.37. The first kappa shape index (κ1) is 23.5. The number of nitrogens with one attached hydrogen (secondary N) is 1. The van der Waals surface area contributed by atoms with E-state index in [2.05, 4.69) is 22.1 Å². The molecule has 3 aromatic rings. The minimum absolute atomic E-state index is 0.0427. The summed E-state index contributed by atoms with van der Waals surface area (Å²) in [6.45, 7) is 2.26. The fourth-order valence-electron chi connectivity index (χ4n) is 4.44. The molecule has 5 rings (SSSR count). The highest BCUT2D eigenvalue weighted by Gasteiger charge is 2.29. The lowest BCUT2D eigenvalue weighted by molar-refractivity contribution is -0.0502. The van der Waals surface area contributed by atoms with Crippen molar-refractivity contribution in [3.05, 3.63) is 47.8 Å². The van der Waals surface area contributed by atoms with Gasteiger partial charge in [-0.15, -0.1) is 0 Å². The number of morpholine rings is 1. The first-order chi connectivity index (χ1) is 16.9. The van der Waals surface area contributed by atoms with Crippen molar-refractivity contribution in [2.75, 3.05) is 33.4 Å². The van der Waals surface area contributed by atoms with Gasteiger partial charge in [0.2, 0.25) is 0 Å². The molecule has 8 nitrogen and oxygen atoms in total. The van der Waals surface area contributed by atoms with Crippen LogP contribution in [-0.2, 0) is 4.74 Å². The lowest BCUT2D eigenvalue weighted by Gasteiger charge is -2.32. The van der Waals surface area contributed by atoms with Crippen molar-refractivity contribution in [1.29, 1.82) is 0 Å². The molecule has 2 aromatic heterocycles. The van der Waals surface area contributed by atoms with Gasteiger partial charge >= 0.3 is 6.61 Å². The molecule has 2 aliphatic rings. The van der Waals surface area contributed by atoms with Crippen molar-refractivity contribution in [2.24, 2.45) is 0 Å². The lowest BCUT2D eigenvalue weighted by Crippen LogP contribution is -2.38. The summed E-state index contributed by atoms with van der Waals surface area (Å²) in [5.74, 6) is -0.574. The second kappa shape index (κ2) is 9.79. The molecule has 35 heavy (non-hydrogen) atoms. The Labute approximate surface area is 201 Å². The summed E-state index contributed by atoms with van der Waals surface area (Å²) in [6, 6.07) is 7.40. The maximum Gasteiger partial charge on any atom is 0.387 e. The first-order valence-corrected chi connectivity index (χ1v) is 11.7. The Balaban J connectivity index is 1.51. The van der Waals surface area contributed by atoms with Crippen LogP contribution in [0.3, 0.4) is 0 Å². The zero-order valence-electron chi connectivity index (χ0n) is 19.7. The summed E-state index contributed by atoms with van der Waals surface area (Å²) < 4.78 is 44.0. The molecule has 1 atom stereocenters.